The third-order valence-electron chi connectivity index (χ3n) is 3.92. The zero-order valence-corrected chi connectivity index (χ0v) is 13.2. The number of hydrogen-bond donors (Lipinski definition) is 1. The molecule has 0 radical (unpaired) electrons. The van der Waals surface area contributed by atoms with E-state index in [1.807, 2.05) is 19.1 Å². The fourth-order valence-corrected chi connectivity index (χ4v) is 3.20. The Balaban J connectivity index is 1.98. The minimum absolute atomic E-state index is 0.0357. The van der Waals surface area contributed by atoms with Crippen molar-refractivity contribution >= 4 is 23.2 Å². The summed E-state index contributed by atoms with van der Waals surface area (Å²) in [5, 5.41) is 3.58. The Morgan fingerprint density at radius 2 is 2.00 bits per heavy atom. The molecule has 1 aliphatic rings. The first-order valence-corrected chi connectivity index (χ1v) is 7.64. The second-order valence-electron chi connectivity index (χ2n) is 6.08. The quantitative estimate of drug-likeness (QED) is 0.923. The number of likely N-dealkylation sites (tertiary alicyclic amines) is 1. The summed E-state index contributed by atoms with van der Waals surface area (Å²) in [4.78, 5) is 14.6. The van der Waals surface area contributed by atoms with E-state index in [0.717, 1.165) is 18.8 Å². The van der Waals surface area contributed by atoms with Crippen LogP contribution < -0.4 is 5.32 Å². The number of nitrogens with one attached hydrogen (secondary N) is 1. The highest BCUT2D eigenvalue weighted by molar-refractivity contribution is 6.30. The van der Waals surface area contributed by atoms with Gasteiger partial charge in [0.15, 0.2) is 0 Å². The fraction of sp³-hybridized carbons (Fsp3) is 0.562. The summed E-state index contributed by atoms with van der Waals surface area (Å²) in [6.07, 6.45) is 1.25. The molecule has 0 aromatic heterocycles. The van der Waals surface area contributed by atoms with Crippen molar-refractivity contribution in [3.8, 4) is 0 Å². The number of halogens is 1. The topological polar surface area (TPSA) is 32.3 Å². The lowest BCUT2D eigenvalue weighted by Gasteiger charge is -2.38. The van der Waals surface area contributed by atoms with E-state index >= 15 is 0 Å². The van der Waals surface area contributed by atoms with E-state index in [2.05, 4.69) is 24.1 Å². The normalized spacial score (nSPS) is 25.2. The second-order valence-corrected chi connectivity index (χ2v) is 6.51. The van der Waals surface area contributed by atoms with Crippen LogP contribution in [0.2, 0.25) is 5.02 Å². The highest BCUT2D eigenvalue weighted by Gasteiger charge is 2.28. The zero-order valence-electron chi connectivity index (χ0n) is 12.4. The standard InChI is InChI=1S/C16H23ClN2O/c1-11-7-12(2)10-19(9-11)13(3)16(20)18-15-6-4-5-14(17)8-15/h4-6,8,11-13H,7,9-10H2,1-3H3,(H,18,20)/t11-,12+,13-/m0/s1. The van der Waals surface area contributed by atoms with E-state index in [4.69, 9.17) is 11.6 Å². The van der Waals surface area contributed by atoms with E-state index in [9.17, 15) is 4.79 Å². The maximum absolute atomic E-state index is 12.3. The van der Waals surface area contributed by atoms with Gasteiger partial charge in [0.1, 0.15) is 0 Å². The average Bonchev–Trinajstić information content (AvgIpc) is 2.36. The maximum Gasteiger partial charge on any atom is 0.241 e. The first kappa shape index (κ1) is 15.3. The molecule has 4 heteroatoms. The number of nitrogens with zero attached hydrogens (tertiary/aromatic N) is 1. The van der Waals surface area contributed by atoms with E-state index in [-0.39, 0.29) is 11.9 Å². The van der Waals surface area contributed by atoms with Crippen molar-refractivity contribution in [2.75, 3.05) is 18.4 Å². The van der Waals surface area contributed by atoms with Gasteiger partial charge in [0.05, 0.1) is 6.04 Å². The van der Waals surface area contributed by atoms with E-state index in [1.54, 1.807) is 12.1 Å². The molecule has 1 N–H and O–H groups in total. The van der Waals surface area contributed by atoms with Crippen LogP contribution >= 0.6 is 11.6 Å². The van der Waals surface area contributed by atoms with Gasteiger partial charge in [-0.25, -0.2) is 0 Å². The molecule has 20 heavy (non-hydrogen) atoms. The van der Waals surface area contributed by atoms with Crippen molar-refractivity contribution in [3.05, 3.63) is 29.3 Å². The molecule has 1 fully saturated rings. The Labute approximate surface area is 126 Å². The number of rotatable bonds is 3. The third-order valence-corrected chi connectivity index (χ3v) is 4.15. The number of anilines is 1. The van der Waals surface area contributed by atoms with Gasteiger partial charge in [-0.3, -0.25) is 9.69 Å². The Hall–Kier alpha value is -1.06. The molecule has 1 heterocycles. The Kier molecular flexibility index (Phi) is 5.06. The Morgan fingerprint density at radius 3 is 2.60 bits per heavy atom. The Morgan fingerprint density at radius 1 is 1.35 bits per heavy atom. The van der Waals surface area contributed by atoms with Gasteiger partial charge in [-0.1, -0.05) is 31.5 Å². The van der Waals surface area contributed by atoms with Gasteiger partial charge in [-0.15, -0.1) is 0 Å². The SMILES string of the molecule is C[C@@H]1C[C@H](C)CN([C@@H](C)C(=O)Nc2cccc(Cl)c2)C1. The van der Waals surface area contributed by atoms with Gasteiger partial charge in [-0.2, -0.15) is 0 Å². The fourth-order valence-electron chi connectivity index (χ4n) is 3.01. The van der Waals surface area contributed by atoms with Crippen molar-refractivity contribution < 1.29 is 4.79 Å². The van der Waals surface area contributed by atoms with Crippen molar-refractivity contribution in [1.29, 1.82) is 0 Å². The highest BCUT2D eigenvalue weighted by Crippen LogP contribution is 2.23. The summed E-state index contributed by atoms with van der Waals surface area (Å²) < 4.78 is 0. The predicted molar refractivity (Wildman–Crippen MR) is 84.1 cm³/mol. The highest BCUT2D eigenvalue weighted by atomic mass is 35.5. The monoisotopic (exact) mass is 294 g/mol. The first-order valence-electron chi connectivity index (χ1n) is 7.26. The minimum atomic E-state index is -0.112. The Bertz CT molecular complexity index is 467. The van der Waals surface area contributed by atoms with Crippen LogP contribution in [0.25, 0.3) is 0 Å². The van der Waals surface area contributed by atoms with Crippen LogP contribution in [0.5, 0.6) is 0 Å². The van der Waals surface area contributed by atoms with Crippen LogP contribution in [-0.4, -0.2) is 29.9 Å². The smallest absolute Gasteiger partial charge is 0.241 e. The molecular formula is C16H23ClN2O. The van der Waals surface area contributed by atoms with Gasteiger partial charge >= 0.3 is 0 Å². The van der Waals surface area contributed by atoms with Crippen molar-refractivity contribution in [2.24, 2.45) is 11.8 Å². The number of piperidine rings is 1. The molecule has 110 valence electrons. The number of carbonyl (C=O) groups excluding carboxylic acids is 1. The van der Waals surface area contributed by atoms with Gasteiger partial charge in [0.2, 0.25) is 5.91 Å². The van der Waals surface area contributed by atoms with E-state index in [1.165, 1.54) is 6.42 Å². The average molecular weight is 295 g/mol. The molecule has 1 aromatic carbocycles. The molecule has 1 saturated heterocycles. The largest absolute Gasteiger partial charge is 0.325 e. The number of amides is 1. The summed E-state index contributed by atoms with van der Waals surface area (Å²) in [6, 6.07) is 7.16. The molecule has 2 rings (SSSR count). The molecule has 0 bridgehead atoms. The van der Waals surface area contributed by atoms with Gasteiger partial charge in [0, 0.05) is 23.8 Å². The van der Waals surface area contributed by atoms with Crippen LogP contribution in [0.1, 0.15) is 27.2 Å². The lowest BCUT2D eigenvalue weighted by molar-refractivity contribution is -0.121. The van der Waals surface area contributed by atoms with Gasteiger partial charge < -0.3 is 5.32 Å². The van der Waals surface area contributed by atoms with E-state index < -0.39 is 0 Å². The minimum Gasteiger partial charge on any atom is -0.325 e. The summed E-state index contributed by atoms with van der Waals surface area (Å²) in [5.74, 6) is 1.34. The second kappa shape index (κ2) is 6.59. The summed E-state index contributed by atoms with van der Waals surface area (Å²) in [7, 11) is 0. The lowest BCUT2D eigenvalue weighted by Crippen LogP contribution is -2.48. The molecule has 0 aliphatic carbocycles. The van der Waals surface area contributed by atoms with Crippen LogP contribution in [0.3, 0.4) is 0 Å². The molecule has 3 nitrogen and oxygen atoms in total. The van der Waals surface area contributed by atoms with Gasteiger partial charge in [0.25, 0.3) is 0 Å². The van der Waals surface area contributed by atoms with Crippen LogP contribution in [0, 0.1) is 11.8 Å². The lowest BCUT2D eigenvalue weighted by atomic mass is 9.91. The van der Waals surface area contributed by atoms with Crippen LogP contribution in [0.4, 0.5) is 5.69 Å². The van der Waals surface area contributed by atoms with Crippen molar-refractivity contribution in [2.45, 2.75) is 33.2 Å². The molecule has 3 atom stereocenters. The number of benzene rings is 1. The molecule has 0 unspecified atom stereocenters. The van der Waals surface area contributed by atoms with Crippen LogP contribution in [-0.2, 0) is 4.79 Å². The number of carbonyl (C=O) groups is 1. The molecule has 1 aromatic rings. The summed E-state index contributed by atoms with van der Waals surface area (Å²) in [6.45, 7) is 8.47. The molecule has 0 saturated carbocycles. The van der Waals surface area contributed by atoms with Gasteiger partial charge in [-0.05, 0) is 43.4 Å². The van der Waals surface area contributed by atoms with E-state index in [0.29, 0.717) is 16.9 Å². The first-order chi connectivity index (χ1) is 9.45. The van der Waals surface area contributed by atoms with Crippen molar-refractivity contribution in [1.82, 2.24) is 4.90 Å². The number of hydrogen-bond acceptors (Lipinski definition) is 2. The maximum atomic E-state index is 12.3. The molecule has 1 aliphatic heterocycles. The molecular weight excluding hydrogens is 272 g/mol. The molecule has 1 amide bonds. The summed E-state index contributed by atoms with van der Waals surface area (Å²) >= 11 is 5.93. The predicted octanol–water partition coefficient (Wildman–Crippen LogP) is 3.64. The summed E-state index contributed by atoms with van der Waals surface area (Å²) in [5.41, 5.74) is 0.757. The molecule has 0 spiro atoms. The van der Waals surface area contributed by atoms with Crippen LogP contribution in [0.15, 0.2) is 24.3 Å². The zero-order chi connectivity index (χ0) is 14.7. The van der Waals surface area contributed by atoms with Crippen molar-refractivity contribution in [3.63, 3.8) is 0 Å². The third kappa shape index (κ3) is 3.97.